The number of halogens is 1. The average Bonchev–Trinajstić information content (AvgIpc) is 2.18. The standard InChI is InChI=1S/C10H5ClN2/c11-9-3-4-13-10-5-7(6-12)1-2-8(9)10/h1-5H. The van der Waals surface area contributed by atoms with Crippen LogP contribution in [0.25, 0.3) is 10.9 Å². The van der Waals surface area contributed by atoms with Crippen LogP contribution in [-0.4, -0.2) is 4.98 Å². The molecule has 1 aromatic carbocycles. The Morgan fingerprint density at radius 1 is 1.31 bits per heavy atom. The fourth-order valence-electron chi connectivity index (χ4n) is 1.18. The normalized spacial score (nSPS) is 9.85. The number of fused-ring (bicyclic) bond motifs is 1. The highest BCUT2D eigenvalue weighted by molar-refractivity contribution is 6.35. The van der Waals surface area contributed by atoms with Gasteiger partial charge in [0.15, 0.2) is 0 Å². The van der Waals surface area contributed by atoms with E-state index in [1.807, 2.05) is 6.07 Å². The Bertz CT molecular complexity index is 500. The van der Waals surface area contributed by atoms with E-state index in [1.54, 1.807) is 24.4 Å². The van der Waals surface area contributed by atoms with Gasteiger partial charge >= 0.3 is 0 Å². The van der Waals surface area contributed by atoms with Gasteiger partial charge in [-0.05, 0) is 24.3 Å². The van der Waals surface area contributed by atoms with Gasteiger partial charge in [-0.2, -0.15) is 5.26 Å². The van der Waals surface area contributed by atoms with Crippen molar-refractivity contribution in [3.05, 3.63) is 41.0 Å². The van der Waals surface area contributed by atoms with Crippen LogP contribution in [-0.2, 0) is 0 Å². The van der Waals surface area contributed by atoms with Gasteiger partial charge in [0, 0.05) is 11.6 Å². The zero-order chi connectivity index (χ0) is 9.26. The van der Waals surface area contributed by atoms with Crippen LogP contribution in [0.4, 0.5) is 0 Å². The lowest BCUT2D eigenvalue weighted by atomic mass is 10.1. The number of aromatic nitrogens is 1. The SMILES string of the molecule is N#Cc1ccc2c(Cl)ccnc2c1. The van der Waals surface area contributed by atoms with Crippen molar-refractivity contribution in [1.29, 1.82) is 5.26 Å². The third-order valence-electron chi connectivity index (χ3n) is 1.82. The van der Waals surface area contributed by atoms with Crippen molar-refractivity contribution in [1.82, 2.24) is 4.98 Å². The van der Waals surface area contributed by atoms with Gasteiger partial charge < -0.3 is 0 Å². The van der Waals surface area contributed by atoms with E-state index in [2.05, 4.69) is 11.1 Å². The Morgan fingerprint density at radius 3 is 2.92 bits per heavy atom. The smallest absolute Gasteiger partial charge is 0.0992 e. The molecule has 1 heterocycles. The molecule has 13 heavy (non-hydrogen) atoms. The van der Waals surface area contributed by atoms with Crippen LogP contribution in [0.1, 0.15) is 5.56 Å². The molecule has 3 heteroatoms. The van der Waals surface area contributed by atoms with Crippen molar-refractivity contribution < 1.29 is 0 Å². The number of hydrogen-bond acceptors (Lipinski definition) is 2. The van der Waals surface area contributed by atoms with Gasteiger partial charge in [-0.25, -0.2) is 0 Å². The number of nitrogens with zero attached hydrogens (tertiary/aromatic N) is 2. The molecule has 2 nitrogen and oxygen atoms in total. The lowest BCUT2D eigenvalue weighted by Gasteiger charge is -1.98. The maximum absolute atomic E-state index is 8.66. The third-order valence-corrected chi connectivity index (χ3v) is 2.15. The van der Waals surface area contributed by atoms with E-state index in [0.29, 0.717) is 10.6 Å². The summed E-state index contributed by atoms with van der Waals surface area (Å²) in [5.41, 5.74) is 1.36. The van der Waals surface area contributed by atoms with Crippen LogP contribution >= 0.6 is 11.6 Å². The van der Waals surface area contributed by atoms with Crippen molar-refractivity contribution in [2.24, 2.45) is 0 Å². The summed E-state index contributed by atoms with van der Waals surface area (Å²) in [6.45, 7) is 0. The predicted octanol–water partition coefficient (Wildman–Crippen LogP) is 2.76. The molecular weight excluding hydrogens is 184 g/mol. The first-order valence-corrected chi connectivity index (χ1v) is 4.13. The summed E-state index contributed by atoms with van der Waals surface area (Å²) in [6.07, 6.45) is 1.63. The summed E-state index contributed by atoms with van der Waals surface area (Å²) < 4.78 is 0. The fraction of sp³-hybridized carbons (Fsp3) is 0. The largest absolute Gasteiger partial charge is 0.256 e. The average molecular weight is 189 g/mol. The minimum atomic E-state index is 0.599. The molecule has 2 aromatic rings. The van der Waals surface area contributed by atoms with Gasteiger partial charge in [-0.15, -0.1) is 0 Å². The van der Waals surface area contributed by atoms with E-state index < -0.39 is 0 Å². The summed E-state index contributed by atoms with van der Waals surface area (Å²) in [5, 5.41) is 10.2. The zero-order valence-electron chi connectivity index (χ0n) is 6.66. The second-order valence-electron chi connectivity index (χ2n) is 2.64. The van der Waals surface area contributed by atoms with Crippen LogP contribution in [0.5, 0.6) is 0 Å². The lowest BCUT2D eigenvalue weighted by Crippen LogP contribution is -1.80. The second-order valence-corrected chi connectivity index (χ2v) is 3.04. The highest BCUT2D eigenvalue weighted by atomic mass is 35.5. The van der Waals surface area contributed by atoms with Gasteiger partial charge in [-0.1, -0.05) is 11.6 Å². The van der Waals surface area contributed by atoms with Crippen molar-refractivity contribution in [3.63, 3.8) is 0 Å². The number of hydrogen-bond donors (Lipinski definition) is 0. The molecule has 0 spiro atoms. The first kappa shape index (κ1) is 8.03. The molecule has 0 atom stereocenters. The summed E-state index contributed by atoms with van der Waals surface area (Å²) in [4.78, 5) is 4.12. The van der Waals surface area contributed by atoms with Crippen LogP contribution in [0.2, 0.25) is 5.02 Å². The van der Waals surface area contributed by atoms with Crippen LogP contribution in [0.15, 0.2) is 30.5 Å². The van der Waals surface area contributed by atoms with Crippen LogP contribution in [0, 0.1) is 11.3 Å². The summed E-state index contributed by atoms with van der Waals surface area (Å²) in [7, 11) is 0. The topological polar surface area (TPSA) is 36.7 Å². The first-order valence-electron chi connectivity index (χ1n) is 3.75. The Balaban J connectivity index is 2.82. The van der Waals surface area contributed by atoms with Crippen LogP contribution in [0.3, 0.4) is 0 Å². The van der Waals surface area contributed by atoms with E-state index in [-0.39, 0.29) is 0 Å². The van der Waals surface area contributed by atoms with Crippen molar-refractivity contribution in [2.45, 2.75) is 0 Å². The molecule has 0 aliphatic heterocycles. The van der Waals surface area contributed by atoms with Gasteiger partial charge in [0.05, 0.1) is 22.2 Å². The second kappa shape index (κ2) is 3.04. The van der Waals surface area contributed by atoms with E-state index in [9.17, 15) is 0 Å². The Morgan fingerprint density at radius 2 is 2.15 bits per heavy atom. The Kier molecular flexibility index (Phi) is 1.88. The summed E-state index contributed by atoms with van der Waals surface area (Å²) in [5.74, 6) is 0. The molecule has 0 unspecified atom stereocenters. The van der Waals surface area contributed by atoms with E-state index in [1.165, 1.54) is 0 Å². The van der Waals surface area contributed by atoms with Crippen molar-refractivity contribution in [2.75, 3.05) is 0 Å². The Labute approximate surface area is 80.4 Å². The molecule has 0 radical (unpaired) electrons. The fourth-order valence-corrected chi connectivity index (χ4v) is 1.40. The van der Waals surface area contributed by atoms with E-state index in [0.717, 1.165) is 10.9 Å². The molecule has 0 amide bonds. The molecule has 0 N–H and O–H groups in total. The third kappa shape index (κ3) is 1.34. The highest BCUT2D eigenvalue weighted by Gasteiger charge is 1.99. The van der Waals surface area contributed by atoms with Gasteiger partial charge in [0.1, 0.15) is 0 Å². The number of rotatable bonds is 0. The van der Waals surface area contributed by atoms with Gasteiger partial charge in [-0.3, -0.25) is 4.98 Å². The summed E-state index contributed by atoms with van der Waals surface area (Å²) >= 11 is 5.93. The molecule has 0 bridgehead atoms. The minimum Gasteiger partial charge on any atom is -0.256 e. The zero-order valence-corrected chi connectivity index (χ0v) is 7.42. The van der Waals surface area contributed by atoms with Gasteiger partial charge in [0.25, 0.3) is 0 Å². The lowest BCUT2D eigenvalue weighted by molar-refractivity contribution is 1.40. The molecule has 0 saturated heterocycles. The van der Waals surface area contributed by atoms with Crippen molar-refractivity contribution in [3.8, 4) is 6.07 Å². The maximum atomic E-state index is 8.66. The quantitative estimate of drug-likeness (QED) is 0.638. The highest BCUT2D eigenvalue weighted by Crippen LogP contribution is 2.21. The van der Waals surface area contributed by atoms with E-state index >= 15 is 0 Å². The minimum absolute atomic E-state index is 0.599. The number of nitriles is 1. The summed E-state index contributed by atoms with van der Waals surface area (Å²) in [6, 6.07) is 9.05. The molecule has 0 aliphatic carbocycles. The predicted molar refractivity (Wildman–Crippen MR) is 51.5 cm³/mol. The molecule has 2 rings (SSSR count). The van der Waals surface area contributed by atoms with E-state index in [4.69, 9.17) is 16.9 Å². The maximum Gasteiger partial charge on any atom is 0.0992 e. The number of benzene rings is 1. The molecule has 1 aromatic heterocycles. The first-order chi connectivity index (χ1) is 6.31. The Hall–Kier alpha value is -1.59. The number of pyridine rings is 1. The molecule has 0 aliphatic rings. The van der Waals surface area contributed by atoms with Crippen molar-refractivity contribution >= 4 is 22.5 Å². The molecular formula is C10H5ClN2. The molecule has 62 valence electrons. The van der Waals surface area contributed by atoms with Gasteiger partial charge in [0.2, 0.25) is 0 Å². The van der Waals surface area contributed by atoms with Crippen LogP contribution < -0.4 is 0 Å². The monoisotopic (exact) mass is 188 g/mol. The molecule has 0 saturated carbocycles. The molecule has 0 fully saturated rings.